The van der Waals surface area contributed by atoms with E-state index in [0.29, 0.717) is 13.1 Å². The van der Waals surface area contributed by atoms with Crippen LogP contribution in [0.2, 0.25) is 0 Å². The summed E-state index contributed by atoms with van der Waals surface area (Å²) in [4.78, 5) is 31.8. The number of benzene rings is 3. The van der Waals surface area contributed by atoms with Gasteiger partial charge in [-0.15, -0.1) is 0 Å². The van der Waals surface area contributed by atoms with E-state index in [4.69, 9.17) is 10.1 Å². The van der Waals surface area contributed by atoms with E-state index in [1.54, 1.807) is 33.4 Å². The van der Waals surface area contributed by atoms with E-state index >= 15 is 0 Å². The molecule has 0 saturated carbocycles. The number of aromatic nitrogens is 4. The van der Waals surface area contributed by atoms with Gasteiger partial charge in [0.15, 0.2) is 0 Å². The summed E-state index contributed by atoms with van der Waals surface area (Å²) in [6, 6.07) is 22.4. The highest BCUT2D eigenvalue weighted by Gasteiger charge is 2.17. The molecule has 0 amide bonds. The molecule has 1 N–H and O–H groups in total. The minimum absolute atomic E-state index is 0.125. The number of aromatic carboxylic acids is 1. The van der Waals surface area contributed by atoms with Crippen molar-refractivity contribution in [2.75, 3.05) is 20.6 Å². The van der Waals surface area contributed by atoms with Crippen molar-refractivity contribution in [1.82, 2.24) is 23.6 Å². The summed E-state index contributed by atoms with van der Waals surface area (Å²) in [6.07, 6.45) is 0. The van der Waals surface area contributed by atoms with E-state index in [9.17, 15) is 9.59 Å². The number of nitrogens with zero attached hydrogens (tertiary/aromatic N) is 5. The topological polar surface area (TPSA) is 85.3 Å². The molecule has 0 spiro atoms. The smallest absolute Gasteiger partial charge is 0.335 e. The van der Waals surface area contributed by atoms with Gasteiger partial charge < -0.3 is 14.6 Å². The number of carbonyl (C=O) groups is 1. The van der Waals surface area contributed by atoms with Crippen LogP contribution in [0.4, 0.5) is 0 Å². The maximum atomic E-state index is 13.7. The van der Waals surface area contributed by atoms with Crippen molar-refractivity contribution in [3.63, 3.8) is 0 Å². The zero-order valence-corrected chi connectivity index (χ0v) is 19.8. The molecule has 0 atom stereocenters. The van der Waals surface area contributed by atoms with Gasteiger partial charge in [-0.2, -0.15) is 0 Å². The molecule has 5 aromatic rings. The summed E-state index contributed by atoms with van der Waals surface area (Å²) in [7, 11) is 4.08. The van der Waals surface area contributed by atoms with Crippen LogP contribution in [0.3, 0.4) is 0 Å². The second kappa shape index (κ2) is 9.23. The summed E-state index contributed by atoms with van der Waals surface area (Å²) in [5.74, 6) is -0.133. The standard InChI is InChI=1S/C27H27N5O3/c1-29(2)15-16-30-22-8-4-3-7-21(22)28-25(30)18-32-24-10-6-5-9-23(24)31(27(32)35)17-19-11-13-20(14-12-19)26(33)34/h3-14H,15-18H2,1-2H3,(H,33,34). The van der Waals surface area contributed by atoms with E-state index in [1.165, 1.54) is 0 Å². The molecule has 5 rings (SSSR count). The number of para-hydroxylation sites is 4. The minimum Gasteiger partial charge on any atom is -0.478 e. The van der Waals surface area contributed by atoms with Gasteiger partial charge in [0.1, 0.15) is 5.82 Å². The number of imidazole rings is 2. The monoisotopic (exact) mass is 469 g/mol. The molecule has 0 radical (unpaired) electrons. The lowest BCUT2D eigenvalue weighted by Gasteiger charge is -2.13. The molecule has 3 aromatic carbocycles. The molecule has 0 aliphatic rings. The highest BCUT2D eigenvalue weighted by Crippen LogP contribution is 2.20. The first-order chi connectivity index (χ1) is 16.9. The molecular weight excluding hydrogens is 442 g/mol. The molecule has 178 valence electrons. The predicted molar refractivity (Wildman–Crippen MR) is 136 cm³/mol. The number of carboxylic acid groups (broad SMARTS) is 1. The van der Waals surface area contributed by atoms with Gasteiger partial charge in [0.2, 0.25) is 0 Å². The Bertz CT molecular complexity index is 1570. The fourth-order valence-electron chi connectivity index (χ4n) is 4.45. The minimum atomic E-state index is -0.970. The second-order valence-electron chi connectivity index (χ2n) is 8.92. The Morgan fingerprint density at radius 3 is 2.06 bits per heavy atom. The Morgan fingerprint density at radius 1 is 0.829 bits per heavy atom. The molecule has 2 heterocycles. The van der Waals surface area contributed by atoms with Crippen LogP contribution < -0.4 is 5.69 Å². The summed E-state index contributed by atoms with van der Waals surface area (Å²) in [5, 5.41) is 9.17. The van der Waals surface area contributed by atoms with Crippen molar-refractivity contribution < 1.29 is 9.90 Å². The van der Waals surface area contributed by atoms with Crippen LogP contribution >= 0.6 is 0 Å². The normalized spacial score (nSPS) is 11.6. The van der Waals surface area contributed by atoms with Crippen molar-refractivity contribution in [1.29, 1.82) is 0 Å². The van der Waals surface area contributed by atoms with Crippen molar-refractivity contribution in [3.8, 4) is 0 Å². The molecule has 0 saturated heterocycles. The summed E-state index contributed by atoms with van der Waals surface area (Å²) >= 11 is 0. The third-order valence-corrected chi connectivity index (χ3v) is 6.27. The second-order valence-corrected chi connectivity index (χ2v) is 8.92. The van der Waals surface area contributed by atoms with E-state index in [0.717, 1.165) is 46.5 Å². The summed E-state index contributed by atoms with van der Waals surface area (Å²) in [6.45, 7) is 2.33. The molecule has 8 heteroatoms. The predicted octanol–water partition coefficient (Wildman–Crippen LogP) is 3.51. The highest BCUT2D eigenvalue weighted by atomic mass is 16.4. The first kappa shape index (κ1) is 22.6. The number of hydrogen-bond acceptors (Lipinski definition) is 4. The van der Waals surface area contributed by atoms with Crippen molar-refractivity contribution >= 4 is 28.0 Å². The quantitative estimate of drug-likeness (QED) is 0.376. The summed E-state index contributed by atoms with van der Waals surface area (Å²) in [5.41, 5.74) is 4.59. The highest BCUT2D eigenvalue weighted by molar-refractivity contribution is 5.87. The van der Waals surface area contributed by atoms with Crippen molar-refractivity contribution in [2.45, 2.75) is 19.6 Å². The number of carboxylic acids is 1. The van der Waals surface area contributed by atoms with Gasteiger partial charge in [0.25, 0.3) is 0 Å². The molecule has 35 heavy (non-hydrogen) atoms. The lowest BCUT2D eigenvalue weighted by molar-refractivity contribution is 0.0697. The maximum Gasteiger partial charge on any atom is 0.335 e. The van der Waals surface area contributed by atoms with E-state index in [1.807, 2.05) is 56.6 Å². The van der Waals surface area contributed by atoms with E-state index in [-0.39, 0.29) is 11.3 Å². The molecule has 8 nitrogen and oxygen atoms in total. The fourth-order valence-corrected chi connectivity index (χ4v) is 4.45. The third kappa shape index (κ3) is 4.36. The van der Waals surface area contributed by atoms with Gasteiger partial charge in [-0.25, -0.2) is 14.6 Å². The van der Waals surface area contributed by atoms with Crippen LogP contribution in [0, 0.1) is 0 Å². The molecule has 0 unspecified atom stereocenters. The molecule has 0 aliphatic carbocycles. The lowest BCUT2D eigenvalue weighted by atomic mass is 10.1. The SMILES string of the molecule is CN(C)CCn1c(Cn2c(=O)n(Cc3ccc(C(=O)O)cc3)c3ccccc32)nc2ccccc21. The number of rotatable bonds is 8. The van der Waals surface area contributed by atoms with Gasteiger partial charge in [-0.1, -0.05) is 36.4 Å². The maximum absolute atomic E-state index is 13.7. The average Bonchev–Trinajstić information content (AvgIpc) is 3.33. The third-order valence-electron chi connectivity index (χ3n) is 6.27. The van der Waals surface area contributed by atoms with E-state index < -0.39 is 5.97 Å². The summed E-state index contributed by atoms with van der Waals surface area (Å²) < 4.78 is 5.70. The number of hydrogen-bond donors (Lipinski definition) is 1. The van der Waals surface area contributed by atoms with Gasteiger partial charge >= 0.3 is 11.7 Å². The van der Waals surface area contributed by atoms with Crippen molar-refractivity contribution in [3.05, 3.63) is 100 Å². The average molecular weight is 470 g/mol. The molecule has 0 aliphatic heterocycles. The van der Waals surface area contributed by atoms with Crippen LogP contribution in [0.5, 0.6) is 0 Å². The first-order valence-corrected chi connectivity index (χ1v) is 11.5. The number of fused-ring (bicyclic) bond motifs is 2. The molecule has 0 fully saturated rings. The van der Waals surface area contributed by atoms with Gasteiger partial charge in [0.05, 0.1) is 40.7 Å². The van der Waals surface area contributed by atoms with Crippen molar-refractivity contribution in [2.24, 2.45) is 0 Å². The van der Waals surface area contributed by atoms with Crippen LogP contribution in [0.15, 0.2) is 77.6 Å². The zero-order chi connectivity index (χ0) is 24.5. The molecule has 2 aromatic heterocycles. The lowest BCUT2D eigenvalue weighted by Crippen LogP contribution is -2.27. The van der Waals surface area contributed by atoms with Gasteiger partial charge in [-0.05, 0) is 56.1 Å². The fraction of sp³-hybridized carbons (Fsp3) is 0.222. The Labute approximate surface area is 202 Å². The number of likely N-dealkylation sites (N-methyl/N-ethyl adjacent to an activating group) is 1. The Morgan fingerprint density at radius 2 is 1.43 bits per heavy atom. The van der Waals surface area contributed by atoms with Gasteiger partial charge in [-0.3, -0.25) is 9.13 Å². The van der Waals surface area contributed by atoms with Crippen LogP contribution in [0.1, 0.15) is 21.7 Å². The molecule has 0 bridgehead atoms. The Balaban J connectivity index is 1.57. The largest absolute Gasteiger partial charge is 0.478 e. The van der Waals surface area contributed by atoms with Crippen LogP contribution in [-0.4, -0.2) is 55.3 Å². The Hall–Kier alpha value is -4.17. The van der Waals surface area contributed by atoms with Crippen LogP contribution in [0.25, 0.3) is 22.1 Å². The van der Waals surface area contributed by atoms with E-state index in [2.05, 4.69) is 15.5 Å². The first-order valence-electron chi connectivity index (χ1n) is 11.5. The van der Waals surface area contributed by atoms with Crippen LogP contribution in [-0.2, 0) is 19.6 Å². The van der Waals surface area contributed by atoms with Gasteiger partial charge in [0, 0.05) is 13.1 Å². The molecular formula is C27H27N5O3. The zero-order valence-electron chi connectivity index (χ0n) is 19.8. The Kier molecular flexibility index (Phi) is 5.96.